The minimum atomic E-state index is 0.271. The van der Waals surface area contributed by atoms with E-state index in [0.717, 1.165) is 17.7 Å². The van der Waals surface area contributed by atoms with E-state index < -0.39 is 0 Å². The van der Waals surface area contributed by atoms with Crippen LogP contribution in [-0.2, 0) is 0 Å². The minimum absolute atomic E-state index is 0.271. The lowest BCUT2D eigenvalue weighted by molar-refractivity contribution is 0.206. The topological polar surface area (TPSA) is 9.23 Å². The first kappa shape index (κ1) is 16.2. The van der Waals surface area contributed by atoms with Crippen molar-refractivity contribution in [3.63, 3.8) is 0 Å². The van der Waals surface area contributed by atoms with Crippen LogP contribution in [0.3, 0.4) is 0 Å². The molecule has 0 spiro atoms. The van der Waals surface area contributed by atoms with E-state index in [-0.39, 0.29) is 6.10 Å². The maximum Gasteiger partial charge on any atom is 0.119 e. The van der Waals surface area contributed by atoms with Crippen molar-refractivity contribution in [1.82, 2.24) is 0 Å². The van der Waals surface area contributed by atoms with Crippen molar-refractivity contribution in [3.05, 3.63) is 54.1 Å². The number of rotatable bonds is 7. The van der Waals surface area contributed by atoms with Gasteiger partial charge < -0.3 is 4.74 Å². The lowest BCUT2D eigenvalue weighted by Crippen LogP contribution is -2.11. The summed E-state index contributed by atoms with van der Waals surface area (Å²) in [6.07, 6.45) is 10.5. The second-order valence-electron chi connectivity index (χ2n) is 5.67. The molecule has 2 aromatic rings. The van der Waals surface area contributed by atoms with Gasteiger partial charge in [-0.25, -0.2) is 0 Å². The molecular weight excluding hydrogens is 268 g/mol. The van der Waals surface area contributed by atoms with Crippen molar-refractivity contribution >= 4 is 0 Å². The molecule has 1 heteroatoms. The number of unbranched alkanes of at least 4 members (excludes halogenated alkanes) is 2. The van der Waals surface area contributed by atoms with Crippen LogP contribution in [0.25, 0.3) is 11.1 Å². The average Bonchev–Trinajstić information content (AvgIpc) is 2.56. The summed E-state index contributed by atoms with van der Waals surface area (Å²) in [7, 11) is 0. The van der Waals surface area contributed by atoms with Crippen LogP contribution in [0.4, 0.5) is 0 Å². The number of terminal acetylenes is 1. The monoisotopic (exact) mass is 292 g/mol. The molecule has 2 rings (SSSR count). The van der Waals surface area contributed by atoms with E-state index in [1.165, 1.54) is 30.4 Å². The standard InChI is InChI=1S/C21H24O/c1-4-6-7-8-17(3)22-21-15-13-20(14-16-21)19-11-9-18(5-2)10-12-19/h2,9-17H,4,6-8H2,1,3H3/t17-/m0/s1. The highest BCUT2D eigenvalue weighted by Crippen LogP contribution is 2.23. The van der Waals surface area contributed by atoms with E-state index in [4.69, 9.17) is 11.2 Å². The number of benzene rings is 2. The normalized spacial score (nSPS) is 11.7. The summed E-state index contributed by atoms with van der Waals surface area (Å²) in [5.41, 5.74) is 3.25. The summed E-state index contributed by atoms with van der Waals surface area (Å²) in [6.45, 7) is 4.36. The maximum absolute atomic E-state index is 5.96. The Morgan fingerprint density at radius 1 is 0.955 bits per heavy atom. The quantitative estimate of drug-likeness (QED) is 0.471. The molecule has 1 atom stereocenters. The molecule has 114 valence electrons. The number of hydrogen-bond acceptors (Lipinski definition) is 1. The van der Waals surface area contributed by atoms with Crippen LogP contribution >= 0.6 is 0 Å². The van der Waals surface area contributed by atoms with Crippen molar-refractivity contribution < 1.29 is 4.74 Å². The van der Waals surface area contributed by atoms with Gasteiger partial charge in [-0.2, -0.15) is 0 Å². The van der Waals surface area contributed by atoms with Crippen LogP contribution < -0.4 is 4.74 Å². The summed E-state index contributed by atoms with van der Waals surface area (Å²) in [6, 6.07) is 16.3. The second kappa shape index (κ2) is 8.29. The zero-order valence-corrected chi connectivity index (χ0v) is 13.5. The van der Waals surface area contributed by atoms with Crippen LogP contribution in [0.1, 0.15) is 45.1 Å². The Labute approximate surface area is 134 Å². The Morgan fingerprint density at radius 3 is 2.09 bits per heavy atom. The van der Waals surface area contributed by atoms with Gasteiger partial charge in [0.2, 0.25) is 0 Å². The molecule has 0 aromatic heterocycles. The van der Waals surface area contributed by atoms with Crippen LogP contribution in [0.5, 0.6) is 5.75 Å². The Hall–Kier alpha value is -2.20. The molecule has 0 saturated heterocycles. The lowest BCUT2D eigenvalue weighted by atomic mass is 10.0. The van der Waals surface area contributed by atoms with Gasteiger partial charge in [0, 0.05) is 5.56 Å². The van der Waals surface area contributed by atoms with Crippen LogP contribution in [0, 0.1) is 12.3 Å². The largest absolute Gasteiger partial charge is 0.491 e. The van der Waals surface area contributed by atoms with Gasteiger partial charge in [-0.15, -0.1) is 6.42 Å². The molecule has 22 heavy (non-hydrogen) atoms. The SMILES string of the molecule is C#Cc1ccc(-c2ccc(O[C@@H](C)CCCCC)cc2)cc1. The van der Waals surface area contributed by atoms with Gasteiger partial charge >= 0.3 is 0 Å². The van der Waals surface area contributed by atoms with Crippen molar-refractivity contribution in [3.8, 4) is 29.2 Å². The summed E-state index contributed by atoms with van der Waals surface area (Å²) < 4.78 is 5.96. The molecule has 0 unspecified atom stereocenters. The first-order valence-corrected chi connectivity index (χ1v) is 8.06. The third kappa shape index (κ3) is 4.67. The van der Waals surface area contributed by atoms with Crippen molar-refractivity contribution in [2.45, 2.75) is 45.6 Å². The summed E-state index contributed by atoms with van der Waals surface area (Å²) >= 11 is 0. The van der Waals surface area contributed by atoms with Gasteiger partial charge in [-0.3, -0.25) is 0 Å². The molecule has 0 aliphatic heterocycles. The van der Waals surface area contributed by atoms with Gasteiger partial charge in [0.05, 0.1) is 6.10 Å². The van der Waals surface area contributed by atoms with E-state index in [9.17, 15) is 0 Å². The molecular formula is C21H24O. The molecule has 0 amide bonds. The van der Waals surface area contributed by atoms with E-state index >= 15 is 0 Å². The molecule has 0 N–H and O–H groups in total. The van der Waals surface area contributed by atoms with Crippen molar-refractivity contribution in [2.24, 2.45) is 0 Å². The highest BCUT2D eigenvalue weighted by atomic mass is 16.5. The smallest absolute Gasteiger partial charge is 0.119 e. The zero-order valence-electron chi connectivity index (χ0n) is 13.5. The minimum Gasteiger partial charge on any atom is -0.491 e. The number of hydrogen-bond donors (Lipinski definition) is 0. The Kier molecular flexibility index (Phi) is 6.10. The Balaban J connectivity index is 1.96. The summed E-state index contributed by atoms with van der Waals surface area (Å²) in [4.78, 5) is 0. The molecule has 0 heterocycles. The fourth-order valence-corrected chi connectivity index (χ4v) is 2.46. The molecule has 0 aliphatic rings. The predicted octanol–water partition coefficient (Wildman–Crippen LogP) is 5.68. The fourth-order valence-electron chi connectivity index (χ4n) is 2.46. The molecule has 0 aliphatic carbocycles. The first-order valence-electron chi connectivity index (χ1n) is 8.06. The second-order valence-corrected chi connectivity index (χ2v) is 5.67. The Morgan fingerprint density at radius 2 is 1.55 bits per heavy atom. The van der Waals surface area contributed by atoms with Crippen molar-refractivity contribution in [2.75, 3.05) is 0 Å². The van der Waals surface area contributed by atoms with Gasteiger partial charge in [0.25, 0.3) is 0 Å². The average molecular weight is 292 g/mol. The van der Waals surface area contributed by atoms with Crippen molar-refractivity contribution in [1.29, 1.82) is 0 Å². The third-order valence-electron chi connectivity index (χ3n) is 3.79. The van der Waals surface area contributed by atoms with Gasteiger partial charge in [0.1, 0.15) is 5.75 Å². The zero-order chi connectivity index (χ0) is 15.8. The first-order chi connectivity index (χ1) is 10.7. The van der Waals surface area contributed by atoms with E-state index in [0.29, 0.717) is 0 Å². The van der Waals surface area contributed by atoms with Gasteiger partial charge in [0.15, 0.2) is 0 Å². The van der Waals surface area contributed by atoms with E-state index in [1.807, 2.05) is 24.3 Å². The highest BCUT2D eigenvalue weighted by molar-refractivity contribution is 5.65. The third-order valence-corrected chi connectivity index (χ3v) is 3.79. The molecule has 0 bridgehead atoms. The molecule has 0 fully saturated rings. The highest BCUT2D eigenvalue weighted by Gasteiger charge is 2.04. The molecule has 0 saturated carbocycles. The van der Waals surface area contributed by atoms with Gasteiger partial charge in [-0.1, -0.05) is 50.0 Å². The van der Waals surface area contributed by atoms with Crippen LogP contribution in [0.2, 0.25) is 0 Å². The molecule has 2 aromatic carbocycles. The lowest BCUT2D eigenvalue weighted by Gasteiger charge is -2.14. The van der Waals surface area contributed by atoms with Crippen LogP contribution in [0.15, 0.2) is 48.5 Å². The summed E-state index contributed by atoms with van der Waals surface area (Å²) in [5, 5.41) is 0. The van der Waals surface area contributed by atoms with E-state index in [1.54, 1.807) is 0 Å². The predicted molar refractivity (Wildman–Crippen MR) is 94.0 cm³/mol. The maximum atomic E-state index is 5.96. The number of ether oxygens (including phenoxy) is 1. The van der Waals surface area contributed by atoms with Crippen LogP contribution in [-0.4, -0.2) is 6.10 Å². The van der Waals surface area contributed by atoms with Gasteiger partial charge in [-0.05, 0) is 55.2 Å². The molecule has 1 nitrogen and oxygen atoms in total. The molecule has 0 radical (unpaired) electrons. The fraction of sp³-hybridized carbons (Fsp3) is 0.333. The summed E-state index contributed by atoms with van der Waals surface area (Å²) in [5.74, 6) is 3.58. The van der Waals surface area contributed by atoms with E-state index in [2.05, 4.69) is 44.0 Å². The Bertz CT molecular complexity index is 602.